The Bertz CT molecular complexity index is 1280. The zero-order chi connectivity index (χ0) is 57.1. The quantitative estimate of drug-likeness (QED) is 0.0320. The van der Waals surface area contributed by atoms with Crippen LogP contribution >= 0.6 is 0 Å². The molecule has 0 aromatic carbocycles. The maximum Gasteiger partial charge on any atom is 0.305 e. The summed E-state index contributed by atoms with van der Waals surface area (Å²) in [5.41, 5.74) is 0. The van der Waals surface area contributed by atoms with Gasteiger partial charge in [0.1, 0.15) is 0 Å². The Kier molecular flexibility index (Phi) is 66.9. The van der Waals surface area contributed by atoms with E-state index in [-0.39, 0.29) is 18.5 Å². The maximum atomic E-state index is 12.5. The van der Waals surface area contributed by atoms with Gasteiger partial charge in [-0.3, -0.25) is 9.59 Å². The number of esters is 1. The van der Waals surface area contributed by atoms with Gasteiger partial charge in [0.2, 0.25) is 5.91 Å². The van der Waals surface area contributed by atoms with E-state index < -0.39 is 12.1 Å². The summed E-state index contributed by atoms with van der Waals surface area (Å²) in [7, 11) is 0. The second-order valence-electron chi connectivity index (χ2n) is 24.6. The lowest BCUT2D eigenvalue weighted by Crippen LogP contribution is -2.45. The molecular formula is C73H139NO5. The average molecular weight is 1110 g/mol. The Morgan fingerprint density at radius 1 is 0.342 bits per heavy atom. The van der Waals surface area contributed by atoms with Crippen LogP contribution in [0.3, 0.4) is 0 Å². The molecule has 0 saturated carbocycles. The Morgan fingerprint density at radius 2 is 0.595 bits per heavy atom. The van der Waals surface area contributed by atoms with E-state index in [9.17, 15) is 19.8 Å². The standard InChI is InChI=1S/C73H139NO5/c1-3-5-7-9-11-13-15-17-19-20-21-28-31-34-38-41-45-49-53-57-61-65-71(76)70(69-75)74-72(77)66-62-58-54-50-46-42-39-35-32-29-26-24-22-23-25-27-30-33-36-40-44-48-52-56-60-64-68-79-73(78)67-63-59-55-51-47-43-37-18-16-14-12-10-8-6-4-2/h18,22,24,37,61,65,70-71,75-76H,3-17,19-21,23,25-36,38-60,62-64,66-69H2,1-2H3,(H,74,77)/b24-22-,37-18-,65-61+. The maximum absolute atomic E-state index is 12.5. The second-order valence-corrected chi connectivity index (χ2v) is 24.6. The molecule has 0 aromatic heterocycles. The summed E-state index contributed by atoms with van der Waals surface area (Å²) >= 11 is 0. The first-order valence-corrected chi connectivity index (χ1v) is 35.8. The van der Waals surface area contributed by atoms with Crippen molar-refractivity contribution < 1.29 is 24.5 Å². The molecule has 0 aliphatic heterocycles. The van der Waals surface area contributed by atoms with Gasteiger partial charge in [-0.15, -0.1) is 0 Å². The van der Waals surface area contributed by atoms with Gasteiger partial charge in [-0.2, -0.15) is 0 Å². The first-order chi connectivity index (χ1) is 39.0. The molecule has 6 heteroatoms. The zero-order valence-electron chi connectivity index (χ0n) is 53.4. The number of hydrogen-bond donors (Lipinski definition) is 3. The first kappa shape index (κ1) is 77.1. The van der Waals surface area contributed by atoms with Gasteiger partial charge in [-0.1, -0.05) is 333 Å². The van der Waals surface area contributed by atoms with Crippen LogP contribution in [0.1, 0.15) is 393 Å². The van der Waals surface area contributed by atoms with Gasteiger partial charge in [0.05, 0.1) is 25.4 Å². The lowest BCUT2D eigenvalue weighted by molar-refractivity contribution is -0.143. The van der Waals surface area contributed by atoms with Crippen LogP contribution in [0.25, 0.3) is 0 Å². The molecule has 0 fully saturated rings. The molecule has 0 aliphatic carbocycles. The van der Waals surface area contributed by atoms with Crippen LogP contribution < -0.4 is 5.32 Å². The van der Waals surface area contributed by atoms with Crippen molar-refractivity contribution in [1.29, 1.82) is 0 Å². The van der Waals surface area contributed by atoms with Crippen LogP contribution in [0, 0.1) is 0 Å². The molecule has 0 radical (unpaired) electrons. The van der Waals surface area contributed by atoms with Crippen molar-refractivity contribution in [2.24, 2.45) is 0 Å². The largest absolute Gasteiger partial charge is 0.466 e. The highest BCUT2D eigenvalue weighted by Gasteiger charge is 2.18. The summed E-state index contributed by atoms with van der Waals surface area (Å²) in [6.07, 6.45) is 87.9. The smallest absolute Gasteiger partial charge is 0.305 e. The number of nitrogens with one attached hydrogen (secondary N) is 1. The fraction of sp³-hybridized carbons (Fsp3) is 0.890. The summed E-state index contributed by atoms with van der Waals surface area (Å²) in [5, 5.41) is 23.2. The van der Waals surface area contributed by atoms with Crippen LogP contribution in [0.4, 0.5) is 0 Å². The zero-order valence-corrected chi connectivity index (χ0v) is 53.4. The number of unbranched alkanes of at least 4 members (excludes halogenated alkanes) is 52. The lowest BCUT2D eigenvalue weighted by Gasteiger charge is -2.20. The lowest BCUT2D eigenvalue weighted by atomic mass is 10.0. The average Bonchev–Trinajstić information content (AvgIpc) is 3.45. The van der Waals surface area contributed by atoms with Gasteiger partial charge in [0.25, 0.3) is 0 Å². The third-order valence-electron chi connectivity index (χ3n) is 16.6. The Morgan fingerprint density at radius 3 is 0.899 bits per heavy atom. The fourth-order valence-corrected chi connectivity index (χ4v) is 11.2. The van der Waals surface area contributed by atoms with E-state index in [2.05, 4.69) is 43.5 Å². The van der Waals surface area contributed by atoms with Gasteiger partial charge in [-0.25, -0.2) is 0 Å². The molecule has 466 valence electrons. The third kappa shape index (κ3) is 65.1. The van der Waals surface area contributed by atoms with Crippen LogP contribution in [-0.2, 0) is 14.3 Å². The summed E-state index contributed by atoms with van der Waals surface area (Å²) < 4.78 is 5.49. The summed E-state index contributed by atoms with van der Waals surface area (Å²) in [6.45, 7) is 4.93. The van der Waals surface area contributed by atoms with Crippen LogP contribution in [-0.4, -0.2) is 47.4 Å². The molecule has 1 amide bonds. The van der Waals surface area contributed by atoms with E-state index in [1.165, 1.54) is 321 Å². The Labute approximate surface area is 494 Å². The Balaban J connectivity index is 3.42. The molecule has 0 spiro atoms. The van der Waals surface area contributed by atoms with Crippen molar-refractivity contribution in [1.82, 2.24) is 5.32 Å². The second kappa shape index (κ2) is 68.6. The molecule has 0 aliphatic rings. The molecule has 0 heterocycles. The van der Waals surface area contributed by atoms with Crippen molar-refractivity contribution in [3.63, 3.8) is 0 Å². The number of carbonyl (C=O) groups is 2. The molecule has 2 unspecified atom stereocenters. The molecule has 3 N–H and O–H groups in total. The summed E-state index contributed by atoms with van der Waals surface area (Å²) in [5.74, 6) is -0.0598. The highest BCUT2D eigenvalue weighted by Crippen LogP contribution is 2.18. The van der Waals surface area contributed by atoms with Crippen LogP contribution in [0.5, 0.6) is 0 Å². The molecule has 79 heavy (non-hydrogen) atoms. The SMILES string of the molecule is CCCCCCCC/C=C\CCCCCCCC(=O)OCCCCCCCCCCCCCC/C=C\CCCCCCCCCCCCC(=O)NC(CO)C(O)/C=C/CCCCCCCCCCCCCCCCCCCCC. The minimum atomic E-state index is -0.847. The van der Waals surface area contributed by atoms with E-state index >= 15 is 0 Å². The number of carbonyl (C=O) groups excluding carboxylic acids is 2. The topological polar surface area (TPSA) is 95.9 Å². The van der Waals surface area contributed by atoms with Crippen LogP contribution in [0.15, 0.2) is 36.5 Å². The Hall–Kier alpha value is -1.92. The van der Waals surface area contributed by atoms with Gasteiger partial charge in [0, 0.05) is 12.8 Å². The number of aliphatic hydroxyl groups excluding tert-OH is 2. The van der Waals surface area contributed by atoms with Gasteiger partial charge < -0.3 is 20.3 Å². The van der Waals surface area contributed by atoms with Crippen molar-refractivity contribution in [2.45, 2.75) is 405 Å². The summed E-state index contributed by atoms with van der Waals surface area (Å²) in [6, 6.07) is -0.631. The normalized spacial score (nSPS) is 12.7. The van der Waals surface area contributed by atoms with Crippen LogP contribution in [0.2, 0.25) is 0 Å². The van der Waals surface area contributed by atoms with Gasteiger partial charge in [0.15, 0.2) is 0 Å². The minimum Gasteiger partial charge on any atom is -0.466 e. The predicted octanol–water partition coefficient (Wildman–Crippen LogP) is 23.1. The fourth-order valence-electron chi connectivity index (χ4n) is 11.2. The number of allylic oxidation sites excluding steroid dienone is 5. The predicted molar refractivity (Wildman–Crippen MR) is 347 cm³/mol. The van der Waals surface area contributed by atoms with E-state index in [1.807, 2.05) is 6.08 Å². The first-order valence-electron chi connectivity index (χ1n) is 35.8. The van der Waals surface area contributed by atoms with E-state index in [0.717, 1.165) is 44.9 Å². The molecular weight excluding hydrogens is 971 g/mol. The van der Waals surface area contributed by atoms with E-state index in [4.69, 9.17) is 4.74 Å². The van der Waals surface area contributed by atoms with E-state index in [1.54, 1.807) is 6.08 Å². The highest BCUT2D eigenvalue weighted by molar-refractivity contribution is 5.76. The number of aliphatic hydroxyl groups is 2. The molecule has 2 atom stereocenters. The number of hydrogen-bond acceptors (Lipinski definition) is 5. The molecule has 0 bridgehead atoms. The number of ether oxygens (including phenoxy) is 1. The number of amides is 1. The van der Waals surface area contributed by atoms with Crippen molar-refractivity contribution in [3.05, 3.63) is 36.5 Å². The molecule has 0 aromatic rings. The molecule has 0 rings (SSSR count). The highest BCUT2D eigenvalue weighted by atomic mass is 16.5. The summed E-state index contributed by atoms with van der Waals surface area (Å²) in [4.78, 5) is 24.6. The van der Waals surface area contributed by atoms with Gasteiger partial charge >= 0.3 is 5.97 Å². The minimum absolute atomic E-state index is 0.00648. The van der Waals surface area contributed by atoms with Crippen molar-refractivity contribution in [2.75, 3.05) is 13.2 Å². The monoisotopic (exact) mass is 1110 g/mol. The molecule has 6 nitrogen and oxygen atoms in total. The van der Waals surface area contributed by atoms with Gasteiger partial charge in [-0.05, 0) is 83.5 Å². The van der Waals surface area contributed by atoms with E-state index in [0.29, 0.717) is 19.4 Å². The molecule has 0 saturated heterocycles. The van der Waals surface area contributed by atoms with Crippen molar-refractivity contribution >= 4 is 11.9 Å². The van der Waals surface area contributed by atoms with Crippen molar-refractivity contribution in [3.8, 4) is 0 Å². The number of rotatable bonds is 67. The third-order valence-corrected chi connectivity index (χ3v) is 16.6.